The molecule has 25 heavy (non-hydrogen) atoms. The molecule has 0 bridgehead atoms. The summed E-state index contributed by atoms with van der Waals surface area (Å²) >= 11 is 5.78. The van der Waals surface area contributed by atoms with Crippen molar-refractivity contribution in [2.75, 3.05) is 0 Å². The Morgan fingerprint density at radius 2 is 1.76 bits per heavy atom. The number of allylic oxidation sites excluding steroid dienone is 1. The Morgan fingerprint density at radius 3 is 2.28 bits per heavy atom. The van der Waals surface area contributed by atoms with Crippen LogP contribution in [0.3, 0.4) is 0 Å². The van der Waals surface area contributed by atoms with Crippen LogP contribution in [-0.2, 0) is 20.4 Å². The van der Waals surface area contributed by atoms with Crippen molar-refractivity contribution in [2.24, 2.45) is 0 Å². The number of hydrogen-bond donors (Lipinski definition) is 0. The molecule has 0 aliphatic rings. The fourth-order valence-electron chi connectivity index (χ4n) is 2.02. The molecule has 0 unspecified atom stereocenters. The van der Waals surface area contributed by atoms with E-state index in [9.17, 15) is 18.5 Å². The van der Waals surface area contributed by atoms with E-state index < -0.39 is 15.8 Å². The largest absolute Gasteiger partial charge is 0.427 e. The van der Waals surface area contributed by atoms with Crippen molar-refractivity contribution < 1.29 is 17.9 Å². The van der Waals surface area contributed by atoms with Crippen LogP contribution in [-0.4, -0.2) is 14.4 Å². The minimum Gasteiger partial charge on any atom is -0.427 e. The fraction of sp³-hybridized carbons (Fsp3) is 0.111. The lowest BCUT2D eigenvalue weighted by Crippen LogP contribution is -2.06. The number of nitriles is 1. The summed E-state index contributed by atoms with van der Waals surface area (Å²) in [6.07, 6.45) is 1.28. The van der Waals surface area contributed by atoms with Crippen LogP contribution in [0.1, 0.15) is 18.1 Å². The van der Waals surface area contributed by atoms with Crippen LogP contribution in [0.4, 0.5) is 0 Å². The zero-order valence-electron chi connectivity index (χ0n) is 13.3. The zero-order valence-corrected chi connectivity index (χ0v) is 14.8. The molecule has 0 spiro atoms. The molecular formula is C18H14ClNO4S. The molecule has 0 aliphatic carbocycles. The van der Waals surface area contributed by atoms with Crippen molar-refractivity contribution in [1.29, 1.82) is 5.26 Å². The first kappa shape index (κ1) is 18.7. The summed E-state index contributed by atoms with van der Waals surface area (Å²) in [4.78, 5) is 10.5. The number of carbonyl (C=O) groups is 1. The Morgan fingerprint density at radius 1 is 1.16 bits per heavy atom. The van der Waals surface area contributed by atoms with E-state index in [1.807, 2.05) is 0 Å². The molecule has 0 aliphatic heterocycles. The zero-order chi connectivity index (χ0) is 18.4. The number of halogens is 1. The maximum Gasteiger partial charge on any atom is 0.308 e. The molecule has 2 rings (SSSR count). The van der Waals surface area contributed by atoms with Gasteiger partial charge in [-0.05, 0) is 41.5 Å². The van der Waals surface area contributed by atoms with Crippen LogP contribution < -0.4 is 4.74 Å². The van der Waals surface area contributed by atoms with Gasteiger partial charge in [0.05, 0.1) is 5.75 Å². The van der Waals surface area contributed by atoms with Crippen molar-refractivity contribution in [3.63, 3.8) is 0 Å². The van der Waals surface area contributed by atoms with Gasteiger partial charge in [0.25, 0.3) is 0 Å². The van der Waals surface area contributed by atoms with Gasteiger partial charge in [-0.1, -0.05) is 35.9 Å². The predicted molar refractivity (Wildman–Crippen MR) is 95.4 cm³/mol. The second-order valence-electron chi connectivity index (χ2n) is 5.17. The number of hydrogen-bond acceptors (Lipinski definition) is 5. The second kappa shape index (κ2) is 7.97. The molecule has 0 atom stereocenters. The van der Waals surface area contributed by atoms with Gasteiger partial charge < -0.3 is 4.74 Å². The highest BCUT2D eigenvalue weighted by Crippen LogP contribution is 2.20. The summed E-state index contributed by atoms with van der Waals surface area (Å²) in [5, 5.41) is 9.74. The van der Waals surface area contributed by atoms with Crippen molar-refractivity contribution in [3.8, 4) is 11.8 Å². The van der Waals surface area contributed by atoms with Gasteiger partial charge in [0, 0.05) is 11.9 Å². The molecule has 0 heterocycles. The number of sulfone groups is 1. The molecule has 0 N–H and O–H groups in total. The van der Waals surface area contributed by atoms with Crippen LogP contribution in [0.25, 0.3) is 6.08 Å². The van der Waals surface area contributed by atoms with E-state index in [1.54, 1.807) is 42.5 Å². The maximum atomic E-state index is 12.4. The molecule has 0 fully saturated rings. The fourth-order valence-corrected chi connectivity index (χ4v) is 3.39. The lowest BCUT2D eigenvalue weighted by Gasteiger charge is -2.05. The smallest absolute Gasteiger partial charge is 0.308 e. The van der Waals surface area contributed by atoms with Crippen LogP contribution in [0.2, 0.25) is 5.02 Å². The molecular weight excluding hydrogens is 362 g/mol. The van der Waals surface area contributed by atoms with Crippen molar-refractivity contribution in [3.05, 3.63) is 69.6 Å². The monoisotopic (exact) mass is 375 g/mol. The molecule has 0 saturated carbocycles. The predicted octanol–water partition coefficient (Wildman–Crippen LogP) is 3.74. The number of carbonyl (C=O) groups excluding carboxylic acids is 1. The third-order valence-corrected chi connectivity index (χ3v) is 5.00. The third kappa shape index (κ3) is 5.45. The molecule has 0 aromatic heterocycles. The highest BCUT2D eigenvalue weighted by Gasteiger charge is 2.18. The van der Waals surface area contributed by atoms with Gasteiger partial charge in [-0.25, -0.2) is 8.42 Å². The van der Waals surface area contributed by atoms with Gasteiger partial charge in [-0.3, -0.25) is 4.79 Å². The van der Waals surface area contributed by atoms with Crippen molar-refractivity contribution in [2.45, 2.75) is 12.7 Å². The maximum absolute atomic E-state index is 12.4. The minimum absolute atomic E-state index is 0.297. The number of benzene rings is 2. The van der Waals surface area contributed by atoms with Crippen LogP contribution in [0, 0.1) is 11.3 Å². The average Bonchev–Trinajstić information content (AvgIpc) is 2.55. The minimum atomic E-state index is -3.79. The molecule has 2 aromatic carbocycles. The van der Waals surface area contributed by atoms with Crippen LogP contribution >= 0.6 is 11.6 Å². The number of esters is 1. The summed E-state index contributed by atoms with van der Waals surface area (Å²) in [5.74, 6) is -0.409. The van der Waals surface area contributed by atoms with E-state index in [-0.39, 0.29) is 10.7 Å². The standard InChI is InChI=1S/C18H14ClNO4S/c1-13(21)24-17-8-4-14(5-9-17)10-18(11-20)25(22,23)12-15-2-6-16(19)7-3-15/h2-10H,12H2,1H3. The summed E-state index contributed by atoms with van der Waals surface area (Å²) in [7, 11) is -3.79. The Balaban J connectivity index is 2.24. The van der Waals surface area contributed by atoms with Crippen molar-refractivity contribution >= 4 is 33.5 Å². The Hall–Kier alpha value is -2.62. The average molecular weight is 376 g/mol. The molecule has 0 amide bonds. The van der Waals surface area contributed by atoms with Gasteiger partial charge >= 0.3 is 5.97 Å². The molecule has 0 radical (unpaired) electrons. The lowest BCUT2D eigenvalue weighted by molar-refractivity contribution is -0.131. The Kier molecular flexibility index (Phi) is 5.97. The van der Waals surface area contributed by atoms with E-state index in [2.05, 4.69) is 0 Å². The Labute approximate surface area is 151 Å². The summed E-state index contributed by atoms with van der Waals surface area (Å²) in [5.41, 5.74) is 1.04. The molecule has 0 saturated heterocycles. The SMILES string of the molecule is CC(=O)Oc1ccc(C=C(C#N)S(=O)(=O)Cc2ccc(Cl)cc2)cc1. The number of rotatable bonds is 5. The third-order valence-electron chi connectivity index (χ3n) is 3.15. The summed E-state index contributed by atoms with van der Waals surface area (Å²) < 4.78 is 29.8. The first-order valence-corrected chi connectivity index (χ1v) is 9.20. The first-order valence-electron chi connectivity index (χ1n) is 7.17. The van der Waals surface area contributed by atoms with Gasteiger partial charge in [0.1, 0.15) is 16.7 Å². The quantitative estimate of drug-likeness (QED) is 0.451. The number of ether oxygens (including phenoxy) is 1. The van der Waals surface area contributed by atoms with E-state index in [0.717, 1.165) is 0 Å². The van der Waals surface area contributed by atoms with E-state index in [4.69, 9.17) is 16.3 Å². The lowest BCUT2D eigenvalue weighted by atomic mass is 10.2. The molecule has 5 nitrogen and oxygen atoms in total. The topological polar surface area (TPSA) is 84.2 Å². The highest BCUT2D eigenvalue weighted by molar-refractivity contribution is 7.95. The van der Waals surface area contributed by atoms with E-state index in [1.165, 1.54) is 25.1 Å². The van der Waals surface area contributed by atoms with Gasteiger partial charge in [-0.2, -0.15) is 5.26 Å². The van der Waals surface area contributed by atoms with Crippen LogP contribution in [0.15, 0.2) is 53.4 Å². The Bertz CT molecular complexity index is 940. The normalized spacial score (nSPS) is 11.6. The first-order chi connectivity index (χ1) is 11.8. The summed E-state index contributed by atoms with van der Waals surface area (Å²) in [6.45, 7) is 1.28. The van der Waals surface area contributed by atoms with E-state index in [0.29, 0.717) is 21.9 Å². The van der Waals surface area contributed by atoms with Crippen molar-refractivity contribution in [1.82, 2.24) is 0 Å². The van der Waals surface area contributed by atoms with Crippen LogP contribution in [0.5, 0.6) is 5.75 Å². The van der Waals surface area contributed by atoms with Gasteiger partial charge in [0.15, 0.2) is 9.84 Å². The molecule has 128 valence electrons. The summed E-state index contributed by atoms with van der Waals surface area (Å²) in [6, 6.07) is 14.3. The second-order valence-corrected chi connectivity index (χ2v) is 7.56. The van der Waals surface area contributed by atoms with Gasteiger partial charge in [0.2, 0.25) is 0 Å². The molecule has 2 aromatic rings. The van der Waals surface area contributed by atoms with Gasteiger partial charge in [-0.15, -0.1) is 0 Å². The number of nitrogens with zero attached hydrogens (tertiary/aromatic N) is 1. The van der Waals surface area contributed by atoms with E-state index >= 15 is 0 Å². The molecule has 7 heteroatoms. The highest BCUT2D eigenvalue weighted by atomic mass is 35.5.